The van der Waals surface area contributed by atoms with E-state index in [1.54, 1.807) is 11.6 Å². The summed E-state index contributed by atoms with van der Waals surface area (Å²) < 4.78 is 35.2. The predicted molar refractivity (Wildman–Crippen MR) is 105 cm³/mol. The van der Waals surface area contributed by atoms with Gasteiger partial charge in [-0.1, -0.05) is 11.6 Å². The number of hydrogen-bond donors (Lipinski definition) is 3. The molecule has 28 heavy (non-hydrogen) atoms. The average Bonchev–Trinajstić information content (AvgIpc) is 3.29. The number of ether oxygens (including phenoxy) is 1. The molecule has 2 aromatic rings. The second kappa shape index (κ2) is 8.70. The number of carbonyl (C=O) groups excluding carboxylic acids is 1. The summed E-state index contributed by atoms with van der Waals surface area (Å²) in [6, 6.07) is 4.09. The van der Waals surface area contributed by atoms with Gasteiger partial charge in [-0.25, -0.2) is 13.1 Å². The van der Waals surface area contributed by atoms with Gasteiger partial charge >= 0.3 is 0 Å². The molecule has 152 valence electrons. The van der Waals surface area contributed by atoms with Crippen LogP contribution in [0.15, 0.2) is 23.1 Å². The van der Waals surface area contributed by atoms with Crippen molar-refractivity contribution in [1.29, 1.82) is 0 Å². The summed E-state index contributed by atoms with van der Waals surface area (Å²) in [5, 5.41) is 9.34. The zero-order valence-corrected chi connectivity index (χ0v) is 17.5. The second-order valence-electron chi connectivity index (χ2n) is 6.32. The Hall–Kier alpha value is -1.79. The lowest BCUT2D eigenvalue weighted by atomic mass is 10.2. The predicted octanol–water partition coefficient (Wildman–Crippen LogP) is 1.52. The number of amides is 1. The van der Waals surface area contributed by atoms with Crippen LogP contribution in [0, 0.1) is 4.77 Å². The lowest BCUT2D eigenvalue weighted by Crippen LogP contribution is -2.32. The Labute approximate surface area is 172 Å². The largest absolute Gasteiger partial charge is 0.377 e. The normalized spacial score (nSPS) is 17.0. The first-order valence-corrected chi connectivity index (χ1v) is 10.8. The van der Waals surface area contributed by atoms with Crippen LogP contribution >= 0.6 is 23.8 Å². The van der Waals surface area contributed by atoms with Crippen LogP contribution in [0.2, 0.25) is 5.02 Å². The van der Waals surface area contributed by atoms with E-state index in [9.17, 15) is 13.2 Å². The summed E-state index contributed by atoms with van der Waals surface area (Å²) in [5.74, 6) is 0.0829. The molecule has 3 N–H and O–H groups in total. The number of hydrogen-bond acceptors (Lipinski definition) is 6. The van der Waals surface area contributed by atoms with E-state index in [-0.39, 0.29) is 34.7 Å². The van der Waals surface area contributed by atoms with Crippen LogP contribution in [0.3, 0.4) is 0 Å². The monoisotopic (exact) mass is 445 g/mol. The van der Waals surface area contributed by atoms with Crippen molar-refractivity contribution in [3.05, 3.63) is 39.4 Å². The molecule has 1 aromatic heterocycles. The van der Waals surface area contributed by atoms with Gasteiger partial charge in [0.25, 0.3) is 5.91 Å². The van der Waals surface area contributed by atoms with Gasteiger partial charge in [0.1, 0.15) is 4.90 Å². The molecule has 0 spiro atoms. The van der Waals surface area contributed by atoms with Gasteiger partial charge in [0, 0.05) is 25.8 Å². The van der Waals surface area contributed by atoms with Gasteiger partial charge in [-0.15, -0.1) is 0 Å². The number of carbonyl (C=O) groups is 1. The molecule has 12 heteroatoms. The SMILES string of the molecule is Cn1c(CNC(=O)c2ccc(Cl)c(S(=O)(=O)NCC3CCCO3)c2)n[nH]c1=S. The topological polar surface area (TPSA) is 118 Å². The molecule has 1 aliphatic rings. The first-order chi connectivity index (χ1) is 13.3. The highest BCUT2D eigenvalue weighted by Gasteiger charge is 2.23. The zero-order chi connectivity index (χ0) is 20.3. The van der Waals surface area contributed by atoms with Crippen LogP contribution in [0.25, 0.3) is 0 Å². The van der Waals surface area contributed by atoms with E-state index in [0.29, 0.717) is 17.2 Å². The van der Waals surface area contributed by atoms with Crippen molar-refractivity contribution in [3.8, 4) is 0 Å². The Kier molecular flexibility index (Phi) is 6.50. The Morgan fingerprint density at radius 1 is 1.50 bits per heavy atom. The maximum absolute atomic E-state index is 12.6. The van der Waals surface area contributed by atoms with Crippen molar-refractivity contribution in [2.75, 3.05) is 13.2 Å². The van der Waals surface area contributed by atoms with Gasteiger partial charge in [-0.3, -0.25) is 9.89 Å². The first kappa shape index (κ1) is 20.9. The molecular formula is C16H20ClN5O4S2. The van der Waals surface area contributed by atoms with E-state index in [1.165, 1.54) is 18.2 Å². The Bertz CT molecular complexity index is 1030. The number of nitrogens with zero attached hydrogens (tertiary/aromatic N) is 2. The van der Waals surface area contributed by atoms with E-state index in [4.69, 9.17) is 28.6 Å². The Balaban J connectivity index is 1.71. The molecular weight excluding hydrogens is 426 g/mol. The molecule has 2 heterocycles. The van der Waals surface area contributed by atoms with E-state index >= 15 is 0 Å². The van der Waals surface area contributed by atoms with Crippen LogP contribution in [-0.4, -0.2) is 48.3 Å². The Morgan fingerprint density at radius 3 is 2.93 bits per heavy atom. The molecule has 1 fully saturated rings. The number of aromatic amines is 1. The smallest absolute Gasteiger partial charge is 0.251 e. The number of aromatic nitrogens is 3. The van der Waals surface area contributed by atoms with Crippen molar-refractivity contribution in [3.63, 3.8) is 0 Å². The van der Waals surface area contributed by atoms with Crippen molar-refractivity contribution >= 4 is 39.7 Å². The summed E-state index contributed by atoms with van der Waals surface area (Å²) >= 11 is 11.1. The van der Waals surface area contributed by atoms with Gasteiger partial charge in [0.05, 0.1) is 17.7 Å². The highest BCUT2D eigenvalue weighted by atomic mass is 35.5. The zero-order valence-electron chi connectivity index (χ0n) is 15.1. The summed E-state index contributed by atoms with van der Waals surface area (Å²) in [5.41, 5.74) is 0.165. The number of benzene rings is 1. The average molecular weight is 446 g/mol. The molecule has 1 aromatic carbocycles. The van der Waals surface area contributed by atoms with E-state index in [1.807, 2.05) is 0 Å². The third-order valence-corrected chi connectivity index (χ3v) is 6.66. The lowest BCUT2D eigenvalue weighted by molar-refractivity contribution is 0.0949. The molecule has 1 saturated heterocycles. The van der Waals surface area contributed by atoms with Crippen LogP contribution in [-0.2, 0) is 28.4 Å². The molecule has 1 atom stereocenters. The van der Waals surface area contributed by atoms with Gasteiger partial charge in [0.2, 0.25) is 10.0 Å². The number of nitrogens with one attached hydrogen (secondary N) is 3. The lowest BCUT2D eigenvalue weighted by Gasteiger charge is -2.13. The fourth-order valence-electron chi connectivity index (χ4n) is 2.74. The van der Waals surface area contributed by atoms with Crippen LogP contribution in [0.1, 0.15) is 29.0 Å². The second-order valence-corrected chi connectivity index (χ2v) is 8.85. The van der Waals surface area contributed by atoms with Crippen molar-refractivity contribution in [2.45, 2.75) is 30.4 Å². The minimum Gasteiger partial charge on any atom is -0.377 e. The third kappa shape index (κ3) is 4.78. The molecule has 0 saturated carbocycles. The molecule has 0 bridgehead atoms. The molecule has 1 aliphatic heterocycles. The maximum Gasteiger partial charge on any atom is 0.251 e. The van der Waals surface area contributed by atoms with Gasteiger partial charge in [-0.05, 0) is 43.3 Å². The van der Waals surface area contributed by atoms with Crippen molar-refractivity contribution in [1.82, 2.24) is 24.8 Å². The summed E-state index contributed by atoms with van der Waals surface area (Å²) in [6.07, 6.45) is 1.56. The van der Waals surface area contributed by atoms with E-state index in [2.05, 4.69) is 20.2 Å². The maximum atomic E-state index is 12.6. The number of rotatable bonds is 7. The molecule has 1 amide bonds. The number of sulfonamides is 1. The molecule has 0 aliphatic carbocycles. The van der Waals surface area contributed by atoms with Gasteiger partial charge < -0.3 is 14.6 Å². The first-order valence-electron chi connectivity index (χ1n) is 8.57. The highest BCUT2D eigenvalue weighted by Crippen LogP contribution is 2.23. The minimum atomic E-state index is -3.88. The quantitative estimate of drug-likeness (QED) is 0.556. The van der Waals surface area contributed by atoms with Crippen LogP contribution in [0.4, 0.5) is 0 Å². The van der Waals surface area contributed by atoms with E-state index in [0.717, 1.165) is 12.8 Å². The molecule has 1 unspecified atom stereocenters. The summed E-state index contributed by atoms with van der Waals surface area (Å²) in [4.78, 5) is 12.3. The fraction of sp³-hybridized carbons (Fsp3) is 0.438. The molecule has 3 rings (SSSR count). The molecule has 9 nitrogen and oxygen atoms in total. The molecule has 0 radical (unpaired) electrons. The third-order valence-electron chi connectivity index (χ3n) is 4.39. The van der Waals surface area contributed by atoms with Gasteiger partial charge in [0.15, 0.2) is 10.6 Å². The van der Waals surface area contributed by atoms with Gasteiger partial charge in [-0.2, -0.15) is 5.10 Å². The van der Waals surface area contributed by atoms with E-state index < -0.39 is 15.9 Å². The summed E-state index contributed by atoms with van der Waals surface area (Å²) in [7, 11) is -2.16. The fourth-order valence-corrected chi connectivity index (χ4v) is 4.48. The summed E-state index contributed by atoms with van der Waals surface area (Å²) in [6.45, 7) is 0.919. The number of halogens is 1. The van der Waals surface area contributed by atoms with Crippen molar-refractivity contribution in [2.24, 2.45) is 7.05 Å². The highest BCUT2D eigenvalue weighted by molar-refractivity contribution is 7.89. The number of H-pyrrole nitrogens is 1. The van der Waals surface area contributed by atoms with Crippen LogP contribution in [0.5, 0.6) is 0 Å². The minimum absolute atomic E-state index is 0.0332. The van der Waals surface area contributed by atoms with Crippen molar-refractivity contribution < 1.29 is 17.9 Å². The standard InChI is InChI=1S/C16H20ClN5O4S2/c1-22-14(20-21-16(22)27)9-18-15(23)10-4-5-12(17)13(7-10)28(24,25)19-8-11-3-2-6-26-11/h4-5,7,11,19H,2-3,6,8-9H2,1H3,(H,18,23)(H,21,27). The Morgan fingerprint density at radius 2 is 2.29 bits per heavy atom. The van der Waals surface area contributed by atoms with Crippen LogP contribution < -0.4 is 10.0 Å².